The number of nitrogens with one attached hydrogen (secondary N) is 1. The van der Waals surface area contributed by atoms with Gasteiger partial charge in [0, 0.05) is 20.0 Å². The van der Waals surface area contributed by atoms with Crippen molar-refractivity contribution in [2.24, 2.45) is 18.7 Å². The molecule has 1 aromatic carbocycles. The zero-order valence-electron chi connectivity index (χ0n) is 20.7. The number of primary amides is 1. The van der Waals surface area contributed by atoms with Crippen LogP contribution in [0.1, 0.15) is 54.9 Å². The molecule has 9 nitrogen and oxygen atoms in total. The first-order valence-corrected chi connectivity index (χ1v) is 11.8. The van der Waals surface area contributed by atoms with Crippen LogP contribution in [-0.4, -0.2) is 57.1 Å². The molecule has 2 aromatic rings. The normalized spacial score (nSPS) is 19.0. The molecule has 3 rings (SSSR count). The van der Waals surface area contributed by atoms with E-state index in [0.29, 0.717) is 30.8 Å². The summed E-state index contributed by atoms with van der Waals surface area (Å²) in [5.74, 6) is -1.57. The molecular weight excluding hydrogens is 453 g/mol. The van der Waals surface area contributed by atoms with Crippen LogP contribution in [0, 0.1) is 18.7 Å². The number of carbonyl (C=O) groups excluding carboxylic acids is 3. The van der Waals surface area contributed by atoms with E-state index >= 15 is 0 Å². The third-order valence-electron chi connectivity index (χ3n) is 6.10. The van der Waals surface area contributed by atoms with Gasteiger partial charge in [0.15, 0.2) is 0 Å². The maximum Gasteiger partial charge on any atom is 0.272 e. The number of aryl methyl sites for hydroxylation is 2. The zero-order valence-corrected chi connectivity index (χ0v) is 20.7. The standard InChI is InChI=1S/C25H34FN5O4/c1-15(2)11-20(23(27)32)28-24(33)21-13-19(35-14-17-5-7-18(26)8-6-17)9-10-31(21)25(34)22-12-16(3)29-30(22)4/h5-8,12,15,19-21H,9-11,13-14H2,1-4H3,(H2,27,32)(H,28,33). The lowest BCUT2D eigenvalue weighted by Crippen LogP contribution is -2.58. The number of aromatic nitrogens is 2. The summed E-state index contributed by atoms with van der Waals surface area (Å²) in [5.41, 5.74) is 7.40. The number of benzene rings is 1. The van der Waals surface area contributed by atoms with E-state index in [2.05, 4.69) is 10.4 Å². The molecule has 0 aliphatic carbocycles. The molecule has 1 fully saturated rings. The molecule has 1 aliphatic rings. The first-order valence-electron chi connectivity index (χ1n) is 11.8. The van der Waals surface area contributed by atoms with Crippen LogP contribution in [0.3, 0.4) is 0 Å². The smallest absolute Gasteiger partial charge is 0.272 e. The molecule has 1 aliphatic heterocycles. The number of hydrogen-bond acceptors (Lipinski definition) is 5. The topological polar surface area (TPSA) is 120 Å². The summed E-state index contributed by atoms with van der Waals surface area (Å²) in [5, 5.41) is 6.99. The van der Waals surface area contributed by atoms with E-state index in [4.69, 9.17) is 10.5 Å². The number of nitrogens with zero attached hydrogens (tertiary/aromatic N) is 3. The minimum absolute atomic E-state index is 0.140. The van der Waals surface area contributed by atoms with Crippen LogP contribution in [0.15, 0.2) is 30.3 Å². The number of carbonyl (C=O) groups is 3. The predicted molar refractivity (Wildman–Crippen MR) is 128 cm³/mol. The Balaban J connectivity index is 1.78. The maximum atomic E-state index is 13.4. The van der Waals surface area contributed by atoms with Crippen molar-refractivity contribution >= 4 is 17.7 Å². The van der Waals surface area contributed by atoms with Gasteiger partial charge >= 0.3 is 0 Å². The molecule has 3 N–H and O–H groups in total. The van der Waals surface area contributed by atoms with Crippen molar-refractivity contribution in [2.45, 2.75) is 64.8 Å². The number of piperidine rings is 1. The number of nitrogens with two attached hydrogens (primary N) is 1. The van der Waals surface area contributed by atoms with Gasteiger partial charge in [0.1, 0.15) is 23.6 Å². The Kier molecular flexibility index (Phi) is 8.61. The molecule has 0 spiro atoms. The van der Waals surface area contributed by atoms with Crippen LogP contribution >= 0.6 is 0 Å². The van der Waals surface area contributed by atoms with Crippen molar-refractivity contribution < 1.29 is 23.5 Å². The van der Waals surface area contributed by atoms with Crippen molar-refractivity contribution in [2.75, 3.05) is 6.54 Å². The fourth-order valence-corrected chi connectivity index (χ4v) is 4.31. The Morgan fingerprint density at radius 3 is 2.51 bits per heavy atom. The van der Waals surface area contributed by atoms with Crippen LogP contribution in [0.5, 0.6) is 0 Å². The van der Waals surface area contributed by atoms with E-state index in [0.717, 1.165) is 5.56 Å². The van der Waals surface area contributed by atoms with Gasteiger partial charge < -0.3 is 20.7 Å². The second-order valence-electron chi connectivity index (χ2n) is 9.49. The third kappa shape index (κ3) is 6.88. The van der Waals surface area contributed by atoms with Crippen molar-refractivity contribution in [3.8, 4) is 0 Å². The Bertz CT molecular complexity index is 1050. The summed E-state index contributed by atoms with van der Waals surface area (Å²) >= 11 is 0. The second kappa shape index (κ2) is 11.4. The van der Waals surface area contributed by atoms with Crippen molar-refractivity contribution in [1.82, 2.24) is 20.0 Å². The Morgan fingerprint density at radius 1 is 1.26 bits per heavy atom. The Morgan fingerprint density at radius 2 is 1.94 bits per heavy atom. The molecule has 35 heavy (non-hydrogen) atoms. The van der Waals surface area contributed by atoms with E-state index in [-0.39, 0.29) is 36.8 Å². The fraction of sp³-hybridized carbons (Fsp3) is 0.520. The number of rotatable bonds is 9. The second-order valence-corrected chi connectivity index (χ2v) is 9.49. The highest BCUT2D eigenvalue weighted by atomic mass is 19.1. The molecule has 1 saturated heterocycles. The van der Waals surface area contributed by atoms with Crippen molar-refractivity contribution in [1.29, 1.82) is 0 Å². The molecule has 3 amide bonds. The molecule has 0 radical (unpaired) electrons. The molecule has 3 unspecified atom stereocenters. The highest BCUT2D eigenvalue weighted by Crippen LogP contribution is 2.24. The quantitative estimate of drug-likeness (QED) is 0.561. The highest BCUT2D eigenvalue weighted by Gasteiger charge is 2.39. The van der Waals surface area contributed by atoms with E-state index in [1.807, 2.05) is 13.8 Å². The van der Waals surface area contributed by atoms with Crippen molar-refractivity contribution in [3.63, 3.8) is 0 Å². The van der Waals surface area contributed by atoms with Crippen LogP contribution in [0.25, 0.3) is 0 Å². The first kappa shape index (κ1) is 26.3. The zero-order chi connectivity index (χ0) is 25.7. The predicted octanol–water partition coefficient (Wildman–Crippen LogP) is 2.07. The lowest BCUT2D eigenvalue weighted by molar-refractivity contribution is -0.133. The number of amides is 3. The summed E-state index contributed by atoms with van der Waals surface area (Å²) in [6, 6.07) is 6.02. The molecule has 0 saturated carbocycles. The lowest BCUT2D eigenvalue weighted by atomic mass is 9.96. The number of likely N-dealkylation sites (tertiary alicyclic amines) is 1. The van der Waals surface area contributed by atoms with E-state index < -0.39 is 23.9 Å². The minimum Gasteiger partial charge on any atom is -0.373 e. The monoisotopic (exact) mass is 487 g/mol. The average Bonchev–Trinajstić information content (AvgIpc) is 3.15. The summed E-state index contributed by atoms with van der Waals surface area (Å²) in [6.07, 6.45) is 0.875. The minimum atomic E-state index is -0.848. The number of hydrogen-bond donors (Lipinski definition) is 2. The highest BCUT2D eigenvalue weighted by molar-refractivity contribution is 5.97. The molecule has 0 bridgehead atoms. The lowest BCUT2D eigenvalue weighted by Gasteiger charge is -2.39. The molecule has 3 atom stereocenters. The van der Waals surface area contributed by atoms with E-state index in [9.17, 15) is 18.8 Å². The van der Waals surface area contributed by atoms with Crippen molar-refractivity contribution in [3.05, 3.63) is 53.1 Å². The summed E-state index contributed by atoms with van der Waals surface area (Å²) in [6.45, 7) is 6.21. The summed E-state index contributed by atoms with van der Waals surface area (Å²) < 4.78 is 20.7. The van der Waals surface area contributed by atoms with Gasteiger partial charge in [-0.05, 0) is 49.4 Å². The van der Waals surface area contributed by atoms with E-state index in [1.165, 1.54) is 21.7 Å². The summed E-state index contributed by atoms with van der Waals surface area (Å²) in [7, 11) is 1.68. The number of ether oxygens (including phenoxy) is 1. The first-order chi connectivity index (χ1) is 16.5. The maximum absolute atomic E-state index is 13.4. The van der Waals surface area contributed by atoms with Gasteiger partial charge in [-0.25, -0.2) is 4.39 Å². The molecule has 1 aromatic heterocycles. The Hall–Kier alpha value is -3.27. The summed E-state index contributed by atoms with van der Waals surface area (Å²) in [4.78, 5) is 40.2. The van der Waals surface area contributed by atoms with Crippen LogP contribution < -0.4 is 11.1 Å². The van der Waals surface area contributed by atoms with Crippen LogP contribution in [0.4, 0.5) is 4.39 Å². The van der Waals surface area contributed by atoms with Gasteiger partial charge in [-0.3, -0.25) is 19.1 Å². The molecule has 2 heterocycles. The Labute approximate surface area is 204 Å². The van der Waals surface area contributed by atoms with Gasteiger partial charge in [0.2, 0.25) is 11.8 Å². The third-order valence-corrected chi connectivity index (χ3v) is 6.10. The SMILES string of the molecule is Cc1cc(C(=O)N2CCC(OCc3ccc(F)cc3)CC2C(=O)NC(CC(C)C)C(N)=O)n(C)n1. The van der Waals surface area contributed by atoms with Gasteiger partial charge in [-0.2, -0.15) is 5.10 Å². The van der Waals surface area contributed by atoms with Gasteiger partial charge in [-0.1, -0.05) is 26.0 Å². The molecule has 190 valence electrons. The molecule has 10 heteroatoms. The van der Waals surface area contributed by atoms with Gasteiger partial charge in [0.05, 0.1) is 18.4 Å². The van der Waals surface area contributed by atoms with Gasteiger partial charge in [-0.15, -0.1) is 0 Å². The fourth-order valence-electron chi connectivity index (χ4n) is 4.31. The molecular formula is C25H34FN5O4. The number of halogens is 1. The largest absolute Gasteiger partial charge is 0.373 e. The average molecular weight is 488 g/mol. The van der Waals surface area contributed by atoms with Gasteiger partial charge in [0.25, 0.3) is 5.91 Å². The van der Waals surface area contributed by atoms with E-state index in [1.54, 1.807) is 32.2 Å². The van der Waals surface area contributed by atoms with Crippen LogP contribution in [-0.2, 0) is 28.0 Å². The van der Waals surface area contributed by atoms with Crippen LogP contribution in [0.2, 0.25) is 0 Å².